The van der Waals surface area contributed by atoms with Crippen LogP contribution in [0.25, 0.3) is 0 Å². The third kappa shape index (κ3) is 5.67. The van der Waals surface area contributed by atoms with E-state index < -0.39 is 0 Å². The molecule has 1 aliphatic rings. The minimum atomic E-state index is 0.235. The van der Waals surface area contributed by atoms with Crippen LogP contribution in [0, 0.1) is 13.8 Å². The number of allylic oxidation sites excluding steroid dienone is 2. The molecule has 4 rings (SSSR count). The Balaban J connectivity index is 1.33. The van der Waals surface area contributed by atoms with Crippen molar-refractivity contribution < 1.29 is 9.26 Å². The first-order valence-electron chi connectivity index (χ1n) is 10.1. The lowest BCUT2D eigenvalue weighted by molar-refractivity contribution is 0.286. The van der Waals surface area contributed by atoms with E-state index in [0.717, 1.165) is 42.0 Å². The first kappa shape index (κ1) is 21.0. The van der Waals surface area contributed by atoms with Crippen LogP contribution in [0.15, 0.2) is 39.9 Å². The summed E-state index contributed by atoms with van der Waals surface area (Å²) in [4.78, 5) is 17.6. The lowest BCUT2D eigenvalue weighted by atomic mass is 10.1. The Hall–Kier alpha value is -3.26. The number of pyridine rings is 1. The van der Waals surface area contributed by atoms with E-state index in [1.54, 1.807) is 6.21 Å². The Bertz CT molecular complexity index is 1130. The summed E-state index contributed by atoms with van der Waals surface area (Å²) in [5.41, 5.74) is 3.78. The fourth-order valence-corrected chi connectivity index (χ4v) is 3.29. The zero-order valence-electron chi connectivity index (χ0n) is 17.4. The van der Waals surface area contributed by atoms with E-state index in [-0.39, 0.29) is 6.01 Å². The Morgan fingerprint density at radius 2 is 2.06 bits per heavy atom. The number of nitrogens with one attached hydrogen (secondary N) is 1. The van der Waals surface area contributed by atoms with Gasteiger partial charge in [0.2, 0.25) is 0 Å². The van der Waals surface area contributed by atoms with Crippen molar-refractivity contribution >= 4 is 29.5 Å². The molecule has 0 unspecified atom stereocenters. The fourth-order valence-electron chi connectivity index (χ4n) is 3.12. The number of nitrogens with zero attached hydrogens (tertiary/aromatic N) is 5. The molecule has 31 heavy (non-hydrogen) atoms. The summed E-state index contributed by atoms with van der Waals surface area (Å²) in [6.45, 7) is 4.61. The molecule has 0 amide bonds. The molecular formula is C22H23ClN6O2. The minimum Gasteiger partial charge on any atom is -0.463 e. The van der Waals surface area contributed by atoms with Crippen LogP contribution in [0.3, 0.4) is 0 Å². The van der Waals surface area contributed by atoms with Crippen molar-refractivity contribution in [3.63, 3.8) is 0 Å². The standard InChI is InChI=1S/C22H23ClN6O2/c1-14-10-18(31-29-14)13-25-21-15(2)20(23)27-22(28-21)30-9-5-7-17-11-16-6-3-4-8-24-19(12-16)26-17/h3-4,8,10-12H,5-7,9,13H2,1-2H3,(H,25,27,28)/b4-3-,24-8-. The second-order valence-corrected chi connectivity index (χ2v) is 7.60. The van der Waals surface area contributed by atoms with Crippen molar-refractivity contribution in [2.45, 2.75) is 39.7 Å². The zero-order valence-corrected chi connectivity index (χ0v) is 18.2. The van der Waals surface area contributed by atoms with Crippen molar-refractivity contribution in [3.05, 3.63) is 63.8 Å². The van der Waals surface area contributed by atoms with Gasteiger partial charge in [0.15, 0.2) is 11.6 Å². The molecule has 160 valence electrons. The number of aromatic nitrogens is 4. The Morgan fingerprint density at radius 3 is 2.90 bits per heavy atom. The number of fused-ring (bicyclic) bond motifs is 2. The van der Waals surface area contributed by atoms with Gasteiger partial charge in [-0.2, -0.15) is 9.97 Å². The van der Waals surface area contributed by atoms with Crippen LogP contribution >= 0.6 is 11.6 Å². The van der Waals surface area contributed by atoms with Gasteiger partial charge in [0.25, 0.3) is 0 Å². The molecule has 0 atom stereocenters. The maximum Gasteiger partial charge on any atom is 0.319 e. The molecule has 1 N–H and O–H groups in total. The second kappa shape index (κ2) is 9.70. The highest BCUT2D eigenvalue weighted by Crippen LogP contribution is 2.23. The molecule has 3 aromatic rings. The molecule has 0 spiro atoms. The molecule has 0 aliphatic carbocycles. The minimum absolute atomic E-state index is 0.235. The van der Waals surface area contributed by atoms with Gasteiger partial charge in [-0.25, -0.2) is 9.98 Å². The number of anilines is 1. The molecule has 3 aromatic heterocycles. The largest absolute Gasteiger partial charge is 0.463 e. The first-order chi connectivity index (χ1) is 15.1. The third-order valence-electron chi connectivity index (χ3n) is 4.69. The van der Waals surface area contributed by atoms with Crippen LogP contribution in [-0.2, 0) is 19.4 Å². The maximum absolute atomic E-state index is 6.26. The Kier molecular flexibility index (Phi) is 6.57. The van der Waals surface area contributed by atoms with Gasteiger partial charge in [-0.15, -0.1) is 0 Å². The molecule has 0 radical (unpaired) electrons. The van der Waals surface area contributed by atoms with Crippen LogP contribution in [0.4, 0.5) is 11.6 Å². The SMILES string of the molecule is Cc1cc(CNc2nc(OCCCc3cc4cc(n3)/N=C\C=C/C4)nc(Cl)c2C)on1. The highest BCUT2D eigenvalue weighted by atomic mass is 35.5. The van der Waals surface area contributed by atoms with E-state index in [1.807, 2.05) is 32.1 Å². The molecule has 0 aromatic carbocycles. The van der Waals surface area contributed by atoms with E-state index in [2.05, 4.69) is 42.6 Å². The van der Waals surface area contributed by atoms with Gasteiger partial charge in [0, 0.05) is 23.5 Å². The quantitative estimate of drug-likeness (QED) is 0.406. The van der Waals surface area contributed by atoms with E-state index in [0.29, 0.717) is 29.9 Å². The van der Waals surface area contributed by atoms with Gasteiger partial charge < -0.3 is 14.6 Å². The van der Waals surface area contributed by atoms with Crippen molar-refractivity contribution in [3.8, 4) is 6.01 Å². The normalized spacial score (nSPS) is 14.5. The highest BCUT2D eigenvalue weighted by Gasteiger charge is 2.12. The number of aliphatic imine (C=N–C) groups is 1. The predicted molar refractivity (Wildman–Crippen MR) is 119 cm³/mol. The number of halogens is 1. The lowest BCUT2D eigenvalue weighted by Crippen LogP contribution is -2.08. The predicted octanol–water partition coefficient (Wildman–Crippen LogP) is 4.57. The van der Waals surface area contributed by atoms with Crippen LogP contribution in [0.1, 0.15) is 34.7 Å². The van der Waals surface area contributed by atoms with Crippen LogP contribution in [0.2, 0.25) is 5.15 Å². The van der Waals surface area contributed by atoms with Crippen molar-refractivity contribution in [1.29, 1.82) is 0 Å². The van der Waals surface area contributed by atoms with Crippen LogP contribution in [-0.4, -0.2) is 32.9 Å². The van der Waals surface area contributed by atoms with E-state index in [1.165, 1.54) is 5.56 Å². The number of rotatable bonds is 8. The summed E-state index contributed by atoms with van der Waals surface area (Å²) in [6.07, 6.45) is 8.22. The number of aryl methyl sites for hydroxylation is 2. The number of hydrogen-bond acceptors (Lipinski definition) is 8. The van der Waals surface area contributed by atoms with Crippen molar-refractivity contribution in [1.82, 2.24) is 20.1 Å². The van der Waals surface area contributed by atoms with Crippen LogP contribution in [0.5, 0.6) is 6.01 Å². The van der Waals surface area contributed by atoms with E-state index in [9.17, 15) is 0 Å². The summed E-state index contributed by atoms with van der Waals surface area (Å²) >= 11 is 6.26. The molecule has 0 saturated carbocycles. The summed E-state index contributed by atoms with van der Waals surface area (Å²) in [6, 6.07) is 6.22. The summed E-state index contributed by atoms with van der Waals surface area (Å²) in [7, 11) is 0. The summed E-state index contributed by atoms with van der Waals surface area (Å²) < 4.78 is 11.0. The smallest absolute Gasteiger partial charge is 0.319 e. The summed E-state index contributed by atoms with van der Waals surface area (Å²) in [5.74, 6) is 2.05. The highest BCUT2D eigenvalue weighted by molar-refractivity contribution is 6.30. The van der Waals surface area contributed by atoms with Gasteiger partial charge in [0.05, 0.1) is 18.8 Å². The number of ether oxygens (including phenoxy) is 1. The van der Waals surface area contributed by atoms with E-state index >= 15 is 0 Å². The first-order valence-corrected chi connectivity index (χ1v) is 10.5. The molecule has 4 heterocycles. The second-order valence-electron chi connectivity index (χ2n) is 7.25. The molecule has 9 heteroatoms. The zero-order chi connectivity index (χ0) is 21.6. The molecule has 1 aliphatic heterocycles. The molecule has 0 fully saturated rings. The Morgan fingerprint density at radius 1 is 1.16 bits per heavy atom. The monoisotopic (exact) mass is 438 g/mol. The molecule has 8 nitrogen and oxygen atoms in total. The third-order valence-corrected chi connectivity index (χ3v) is 5.06. The lowest BCUT2D eigenvalue weighted by Gasteiger charge is -2.11. The average Bonchev–Trinajstić information content (AvgIpc) is 3.16. The van der Waals surface area contributed by atoms with Gasteiger partial charge >= 0.3 is 6.01 Å². The van der Waals surface area contributed by atoms with E-state index in [4.69, 9.17) is 20.9 Å². The van der Waals surface area contributed by atoms with Gasteiger partial charge in [-0.05, 0) is 56.9 Å². The van der Waals surface area contributed by atoms with Gasteiger partial charge in [-0.3, -0.25) is 0 Å². The maximum atomic E-state index is 6.26. The molecule has 0 saturated heterocycles. The van der Waals surface area contributed by atoms with Crippen molar-refractivity contribution in [2.75, 3.05) is 11.9 Å². The van der Waals surface area contributed by atoms with Crippen molar-refractivity contribution in [2.24, 2.45) is 4.99 Å². The number of hydrogen-bond donors (Lipinski definition) is 1. The fraction of sp³-hybridized carbons (Fsp3) is 0.318. The molecule has 2 bridgehead atoms. The van der Waals surface area contributed by atoms with Crippen LogP contribution < -0.4 is 10.1 Å². The average molecular weight is 439 g/mol. The van der Waals surface area contributed by atoms with Gasteiger partial charge in [-0.1, -0.05) is 22.8 Å². The summed E-state index contributed by atoms with van der Waals surface area (Å²) in [5, 5.41) is 7.42. The Labute approximate surface area is 185 Å². The van der Waals surface area contributed by atoms with Gasteiger partial charge in [0.1, 0.15) is 11.0 Å². The topological polar surface area (TPSA) is 98.3 Å². The molecular weight excluding hydrogens is 416 g/mol.